The number of hydrogen-bond donors (Lipinski definition) is 1. The Bertz CT molecular complexity index is 648. The summed E-state index contributed by atoms with van der Waals surface area (Å²) in [6.07, 6.45) is 4.09. The van der Waals surface area contributed by atoms with E-state index in [1.807, 2.05) is 43.5 Å². The van der Waals surface area contributed by atoms with Crippen LogP contribution in [0.25, 0.3) is 5.69 Å². The van der Waals surface area contributed by atoms with Gasteiger partial charge >= 0.3 is 0 Å². The highest BCUT2D eigenvalue weighted by atomic mass is 16.5. The zero-order chi connectivity index (χ0) is 16.1. The fourth-order valence-corrected chi connectivity index (χ4v) is 2.52. The SMILES string of the molecule is Cc1cn(-c2ccccc2)nc1OCC(=O)NC[C@H]1CCCO1. The van der Waals surface area contributed by atoms with Gasteiger partial charge in [0.2, 0.25) is 5.88 Å². The normalized spacial score (nSPS) is 17.2. The van der Waals surface area contributed by atoms with Crippen LogP contribution in [-0.4, -0.2) is 41.6 Å². The molecule has 2 heterocycles. The Morgan fingerprint density at radius 2 is 2.26 bits per heavy atom. The molecular weight excluding hydrogens is 294 g/mol. The van der Waals surface area contributed by atoms with Crippen molar-refractivity contribution in [3.05, 3.63) is 42.1 Å². The van der Waals surface area contributed by atoms with E-state index in [0.29, 0.717) is 12.4 Å². The number of amides is 1. The van der Waals surface area contributed by atoms with E-state index in [0.717, 1.165) is 30.7 Å². The number of hydrogen-bond acceptors (Lipinski definition) is 4. The summed E-state index contributed by atoms with van der Waals surface area (Å²) in [5.41, 5.74) is 1.84. The zero-order valence-electron chi connectivity index (χ0n) is 13.2. The highest BCUT2D eigenvalue weighted by Crippen LogP contribution is 2.17. The van der Waals surface area contributed by atoms with Gasteiger partial charge in [0.15, 0.2) is 6.61 Å². The van der Waals surface area contributed by atoms with Gasteiger partial charge in [-0.1, -0.05) is 18.2 Å². The van der Waals surface area contributed by atoms with Crippen molar-refractivity contribution in [2.75, 3.05) is 19.8 Å². The zero-order valence-corrected chi connectivity index (χ0v) is 13.2. The lowest BCUT2D eigenvalue weighted by atomic mass is 10.2. The molecule has 6 heteroatoms. The van der Waals surface area contributed by atoms with Crippen molar-refractivity contribution >= 4 is 5.91 Å². The summed E-state index contributed by atoms with van der Waals surface area (Å²) in [6, 6.07) is 9.78. The molecule has 1 aliphatic heterocycles. The van der Waals surface area contributed by atoms with Crippen molar-refractivity contribution in [1.82, 2.24) is 15.1 Å². The van der Waals surface area contributed by atoms with Gasteiger partial charge in [0.25, 0.3) is 5.91 Å². The third-order valence-corrected chi connectivity index (χ3v) is 3.76. The predicted octanol–water partition coefficient (Wildman–Crippen LogP) is 1.85. The van der Waals surface area contributed by atoms with Crippen LogP contribution in [0, 0.1) is 6.92 Å². The maximum Gasteiger partial charge on any atom is 0.258 e. The molecule has 1 atom stereocenters. The van der Waals surface area contributed by atoms with Gasteiger partial charge in [0.1, 0.15) is 0 Å². The van der Waals surface area contributed by atoms with Crippen LogP contribution in [-0.2, 0) is 9.53 Å². The van der Waals surface area contributed by atoms with Crippen LogP contribution in [0.1, 0.15) is 18.4 Å². The molecule has 1 saturated heterocycles. The van der Waals surface area contributed by atoms with Gasteiger partial charge in [-0.05, 0) is 31.9 Å². The second-order valence-electron chi connectivity index (χ2n) is 5.63. The minimum atomic E-state index is -0.158. The molecule has 122 valence electrons. The van der Waals surface area contributed by atoms with Gasteiger partial charge in [0.05, 0.1) is 11.8 Å². The number of aryl methyl sites for hydroxylation is 1. The molecule has 0 saturated carbocycles. The first-order valence-corrected chi connectivity index (χ1v) is 7.85. The van der Waals surface area contributed by atoms with E-state index in [-0.39, 0.29) is 18.6 Å². The number of rotatable bonds is 6. The first kappa shape index (κ1) is 15.6. The molecule has 3 rings (SSSR count). The van der Waals surface area contributed by atoms with E-state index in [2.05, 4.69) is 10.4 Å². The van der Waals surface area contributed by atoms with Crippen molar-refractivity contribution in [1.29, 1.82) is 0 Å². The minimum Gasteiger partial charge on any atom is -0.466 e. The Kier molecular flexibility index (Phi) is 4.92. The van der Waals surface area contributed by atoms with Gasteiger partial charge in [-0.3, -0.25) is 4.79 Å². The summed E-state index contributed by atoms with van der Waals surface area (Å²) < 4.78 is 12.7. The molecule has 0 spiro atoms. The van der Waals surface area contributed by atoms with Gasteiger partial charge in [0, 0.05) is 24.9 Å². The third kappa shape index (κ3) is 4.10. The van der Waals surface area contributed by atoms with Crippen LogP contribution in [0.3, 0.4) is 0 Å². The quantitative estimate of drug-likeness (QED) is 0.883. The summed E-state index contributed by atoms with van der Waals surface area (Å²) in [4.78, 5) is 11.8. The average molecular weight is 315 g/mol. The molecule has 0 unspecified atom stereocenters. The summed E-state index contributed by atoms with van der Waals surface area (Å²) in [5.74, 6) is 0.315. The number of aromatic nitrogens is 2. The molecule has 6 nitrogen and oxygen atoms in total. The largest absolute Gasteiger partial charge is 0.466 e. The third-order valence-electron chi connectivity index (χ3n) is 3.76. The molecule has 1 amide bonds. The maximum absolute atomic E-state index is 11.8. The average Bonchev–Trinajstić information content (AvgIpc) is 3.21. The van der Waals surface area contributed by atoms with Gasteiger partial charge < -0.3 is 14.8 Å². The Balaban J connectivity index is 1.52. The molecule has 1 aromatic heterocycles. The van der Waals surface area contributed by atoms with E-state index in [9.17, 15) is 4.79 Å². The predicted molar refractivity (Wildman–Crippen MR) is 85.8 cm³/mol. The molecule has 1 N–H and O–H groups in total. The van der Waals surface area contributed by atoms with E-state index in [1.54, 1.807) is 4.68 Å². The van der Waals surface area contributed by atoms with Crippen LogP contribution in [0.5, 0.6) is 5.88 Å². The Morgan fingerprint density at radius 1 is 1.43 bits per heavy atom. The summed E-state index contributed by atoms with van der Waals surface area (Å²) in [7, 11) is 0. The lowest BCUT2D eigenvalue weighted by Gasteiger charge is -2.10. The number of para-hydroxylation sites is 1. The van der Waals surface area contributed by atoms with Crippen molar-refractivity contribution in [2.24, 2.45) is 0 Å². The molecule has 0 aliphatic carbocycles. The van der Waals surface area contributed by atoms with Crippen molar-refractivity contribution in [2.45, 2.75) is 25.9 Å². The van der Waals surface area contributed by atoms with Crippen LogP contribution in [0.2, 0.25) is 0 Å². The Morgan fingerprint density at radius 3 is 3.00 bits per heavy atom. The van der Waals surface area contributed by atoms with Gasteiger partial charge in [-0.25, -0.2) is 4.68 Å². The van der Waals surface area contributed by atoms with E-state index in [4.69, 9.17) is 9.47 Å². The smallest absolute Gasteiger partial charge is 0.258 e. The fraction of sp³-hybridized carbons (Fsp3) is 0.412. The lowest BCUT2D eigenvalue weighted by molar-refractivity contribution is -0.123. The first-order valence-electron chi connectivity index (χ1n) is 7.85. The second kappa shape index (κ2) is 7.28. The molecule has 0 bridgehead atoms. The molecule has 0 radical (unpaired) electrons. The van der Waals surface area contributed by atoms with Crippen molar-refractivity contribution in [3.8, 4) is 11.6 Å². The number of benzene rings is 1. The molecule has 1 fully saturated rings. The van der Waals surface area contributed by atoms with Crippen LogP contribution >= 0.6 is 0 Å². The fourth-order valence-electron chi connectivity index (χ4n) is 2.52. The molecule has 2 aromatic rings. The highest BCUT2D eigenvalue weighted by molar-refractivity contribution is 5.77. The maximum atomic E-state index is 11.8. The molecule has 1 aliphatic rings. The molecule has 1 aromatic carbocycles. The Hall–Kier alpha value is -2.34. The number of nitrogens with one attached hydrogen (secondary N) is 1. The topological polar surface area (TPSA) is 65.4 Å². The number of carbonyl (C=O) groups excluding carboxylic acids is 1. The van der Waals surface area contributed by atoms with E-state index >= 15 is 0 Å². The van der Waals surface area contributed by atoms with E-state index < -0.39 is 0 Å². The van der Waals surface area contributed by atoms with E-state index in [1.165, 1.54) is 0 Å². The number of carbonyl (C=O) groups is 1. The standard InChI is InChI=1S/C17H21N3O3/c1-13-11-20(14-6-3-2-4-7-14)19-17(13)23-12-16(21)18-10-15-8-5-9-22-15/h2-4,6-7,11,15H,5,8-10,12H2,1H3,(H,18,21)/t15-/m1/s1. The number of ether oxygens (including phenoxy) is 2. The van der Waals surface area contributed by atoms with Gasteiger partial charge in [-0.15, -0.1) is 5.10 Å². The summed E-state index contributed by atoms with van der Waals surface area (Å²) >= 11 is 0. The molecule has 23 heavy (non-hydrogen) atoms. The lowest BCUT2D eigenvalue weighted by Crippen LogP contribution is -2.35. The highest BCUT2D eigenvalue weighted by Gasteiger charge is 2.16. The first-order chi connectivity index (χ1) is 11.2. The molecular formula is C17H21N3O3. The summed E-state index contributed by atoms with van der Waals surface area (Å²) in [5, 5.41) is 7.21. The van der Waals surface area contributed by atoms with Crippen LogP contribution in [0.4, 0.5) is 0 Å². The Labute approximate surface area is 135 Å². The van der Waals surface area contributed by atoms with Crippen LogP contribution in [0.15, 0.2) is 36.5 Å². The number of nitrogens with zero attached hydrogens (tertiary/aromatic N) is 2. The summed E-state index contributed by atoms with van der Waals surface area (Å²) in [6.45, 7) is 3.19. The van der Waals surface area contributed by atoms with Crippen molar-refractivity contribution < 1.29 is 14.3 Å². The second-order valence-corrected chi connectivity index (χ2v) is 5.63. The van der Waals surface area contributed by atoms with Crippen LogP contribution < -0.4 is 10.1 Å². The monoisotopic (exact) mass is 315 g/mol. The van der Waals surface area contributed by atoms with Gasteiger partial charge in [-0.2, -0.15) is 0 Å². The van der Waals surface area contributed by atoms with Crippen molar-refractivity contribution in [3.63, 3.8) is 0 Å². The minimum absolute atomic E-state index is 0.0423.